The van der Waals surface area contributed by atoms with Crippen molar-refractivity contribution in [1.82, 2.24) is 0 Å². The van der Waals surface area contributed by atoms with Gasteiger partial charge >= 0.3 is 0 Å². The summed E-state index contributed by atoms with van der Waals surface area (Å²) in [4.78, 5) is 10.2. The third kappa shape index (κ3) is 2.44. The van der Waals surface area contributed by atoms with Crippen LogP contribution in [0.3, 0.4) is 0 Å². The molecule has 0 aliphatic heterocycles. The first kappa shape index (κ1) is 10.0. The number of carbonyl (C=O) groups excluding carboxylic acids is 1. The van der Waals surface area contributed by atoms with Gasteiger partial charge in [-0.25, -0.2) is 0 Å². The number of rotatable bonds is 3. The summed E-state index contributed by atoms with van der Waals surface area (Å²) in [6.45, 7) is 8.48. The summed E-state index contributed by atoms with van der Waals surface area (Å²) in [5.74, 6) is 0.466. The molecule has 13 heavy (non-hydrogen) atoms. The topological polar surface area (TPSA) is 26.3 Å². The maximum absolute atomic E-state index is 10.2. The predicted molar refractivity (Wildman–Crippen MR) is 52.2 cm³/mol. The van der Waals surface area contributed by atoms with Gasteiger partial charge in [0.05, 0.1) is 0 Å². The van der Waals surface area contributed by atoms with Crippen molar-refractivity contribution in [2.75, 3.05) is 0 Å². The highest BCUT2D eigenvalue weighted by atomic mass is 16.5. The van der Waals surface area contributed by atoms with Crippen molar-refractivity contribution in [2.45, 2.75) is 32.8 Å². The molecule has 2 atom stereocenters. The zero-order valence-corrected chi connectivity index (χ0v) is 8.25. The fraction of sp³-hybridized carbons (Fsp3) is 0.545. The van der Waals surface area contributed by atoms with E-state index in [2.05, 4.69) is 12.7 Å². The average molecular weight is 180 g/mol. The second-order valence-corrected chi connectivity index (χ2v) is 3.68. The van der Waals surface area contributed by atoms with Crippen molar-refractivity contribution in [3.8, 4) is 0 Å². The van der Waals surface area contributed by atoms with Crippen LogP contribution in [0.1, 0.15) is 26.7 Å². The molecule has 0 bridgehead atoms. The zero-order valence-electron chi connectivity index (χ0n) is 8.25. The third-order valence-electron chi connectivity index (χ3n) is 2.65. The lowest BCUT2D eigenvalue weighted by molar-refractivity contribution is -0.132. The quantitative estimate of drug-likeness (QED) is 0.492. The second-order valence-electron chi connectivity index (χ2n) is 3.68. The molecule has 1 aliphatic rings. The van der Waals surface area contributed by atoms with Crippen LogP contribution in [0.5, 0.6) is 0 Å². The summed E-state index contributed by atoms with van der Waals surface area (Å²) in [7, 11) is 0. The van der Waals surface area contributed by atoms with Gasteiger partial charge in [-0.05, 0) is 38.2 Å². The van der Waals surface area contributed by atoms with Gasteiger partial charge in [0.2, 0.25) is 0 Å². The molecule has 2 heteroatoms. The Labute approximate surface area is 79.3 Å². The SMILES string of the molecule is C=C(C)[C@H]1CC=C(C)[C@H](OC=O)C1. The van der Waals surface area contributed by atoms with Gasteiger partial charge in [0, 0.05) is 0 Å². The third-order valence-corrected chi connectivity index (χ3v) is 2.65. The Bertz CT molecular complexity index is 240. The number of hydrogen-bond donors (Lipinski definition) is 0. The molecule has 0 radical (unpaired) electrons. The van der Waals surface area contributed by atoms with Crippen molar-refractivity contribution in [2.24, 2.45) is 5.92 Å². The van der Waals surface area contributed by atoms with Crippen LogP contribution >= 0.6 is 0 Å². The molecule has 0 aromatic rings. The van der Waals surface area contributed by atoms with E-state index in [1.807, 2.05) is 13.8 Å². The lowest BCUT2D eigenvalue weighted by atomic mass is 9.84. The molecule has 0 N–H and O–H groups in total. The summed E-state index contributed by atoms with van der Waals surface area (Å²) in [6.07, 6.45) is 4.01. The van der Waals surface area contributed by atoms with Crippen LogP contribution in [0.2, 0.25) is 0 Å². The van der Waals surface area contributed by atoms with Gasteiger partial charge < -0.3 is 4.74 Å². The summed E-state index contributed by atoms with van der Waals surface area (Å²) in [5, 5.41) is 0. The molecule has 1 rings (SSSR count). The number of carbonyl (C=O) groups is 1. The van der Waals surface area contributed by atoms with Crippen LogP contribution in [-0.2, 0) is 9.53 Å². The van der Waals surface area contributed by atoms with Gasteiger partial charge in [0.15, 0.2) is 0 Å². The molecular formula is C11H16O2. The smallest absolute Gasteiger partial charge is 0.293 e. The standard InChI is InChI=1S/C11H16O2/c1-8(2)10-5-4-9(3)11(6-10)13-7-12/h4,7,10-11H,1,5-6H2,2-3H3/t10-,11+/m0/s1. The summed E-state index contributed by atoms with van der Waals surface area (Å²) in [5.41, 5.74) is 2.33. The van der Waals surface area contributed by atoms with Crippen LogP contribution in [0.4, 0.5) is 0 Å². The van der Waals surface area contributed by atoms with Crippen molar-refractivity contribution in [1.29, 1.82) is 0 Å². The van der Waals surface area contributed by atoms with E-state index in [4.69, 9.17) is 4.74 Å². The van der Waals surface area contributed by atoms with Crippen molar-refractivity contribution < 1.29 is 9.53 Å². The lowest BCUT2D eigenvalue weighted by Gasteiger charge is -2.27. The fourth-order valence-electron chi connectivity index (χ4n) is 1.63. The molecule has 0 amide bonds. The fourth-order valence-corrected chi connectivity index (χ4v) is 1.63. The molecule has 2 nitrogen and oxygen atoms in total. The van der Waals surface area contributed by atoms with E-state index in [9.17, 15) is 4.79 Å². The summed E-state index contributed by atoms with van der Waals surface area (Å²) >= 11 is 0. The van der Waals surface area contributed by atoms with Crippen molar-refractivity contribution in [3.63, 3.8) is 0 Å². The first-order valence-corrected chi connectivity index (χ1v) is 4.56. The first-order chi connectivity index (χ1) is 6.15. The number of ether oxygens (including phenoxy) is 1. The number of hydrogen-bond acceptors (Lipinski definition) is 2. The van der Waals surface area contributed by atoms with E-state index in [1.54, 1.807) is 0 Å². The predicted octanol–water partition coefficient (Wildman–Crippen LogP) is 2.46. The molecular weight excluding hydrogens is 164 g/mol. The van der Waals surface area contributed by atoms with Crippen LogP contribution in [-0.4, -0.2) is 12.6 Å². The molecule has 0 fully saturated rings. The molecule has 0 unspecified atom stereocenters. The van der Waals surface area contributed by atoms with Gasteiger partial charge in [0.1, 0.15) is 6.10 Å². The molecule has 72 valence electrons. The van der Waals surface area contributed by atoms with Crippen LogP contribution in [0, 0.1) is 5.92 Å². The largest absolute Gasteiger partial charge is 0.460 e. The van der Waals surface area contributed by atoms with Gasteiger partial charge in [-0.3, -0.25) is 4.79 Å². The highest BCUT2D eigenvalue weighted by Gasteiger charge is 2.23. The first-order valence-electron chi connectivity index (χ1n) is 4.56. The monoisotopic (exact) mass is 180 g/mol. The van der Waals surface area contributed by atoms with E-state index in [0.29, 0.717) is 12.4 Å². The van der Waals surface area contributed by atoms with Crippen LogP contribution in [0.15, 0.2) is 23.8 Å². The van der Waals surface area contributed by atoms with E-state index in [0.717, 1.165) is 18.4 Å². The van der Waals surface area contributed by atoms with Crippen molar-refractivity contribution >= 4 is 6.47 Å². The Kier molecular flexibility index (Phi) is 3.29. The minimum atomic E-state index is -0.0343. The molecule has 1 aliphatic carbocycles. The molecule has 0 aromatic heterocycles. The Morgan fingerprint density at radius 2 is 2.46 bits per heavy atom. The highest BCUT2D eigenvalue weighted by Crippen LogP contribution is 2.29. The maximum Gasteiger partial charge on any atom is 0.293 e. The van der Waals surface area contributed by atoms with Gasteiger partial charge in [0.25, 0.3) is 6.47 Å². The van der Waals surface area contributed by atoms with Crippen LogP contribution < -0.4 is 0 Å². The Morgan fingerprint density at radius 1 is 1.77 bits per heavy atom. The summed E-state index contributed by atoms with van der Waals surface area (Å²) in [6, 6.07) is 0. The van der Waals surface area contributed by atoms with E-state index >= 15 is 0 Å². The second kappa shape index (κ2) is 4.26. The zero-order chi connectivity index (χ0) is 9.84. The molecule has 0 aromatic carbocycles. The molecule has 0 saturated carbocycles. The molecule has 0 saturated heterocycles. The molecule has 0 spiro atoms. The van der Waals surface area contributed by atoms with Gasteiger partial charge in [-0.2, -0.15) is 0 Å². The minimum absolute atomic E-state index is 0.0343. The normalized spacial score (nSPS) is 27.7. The van der Waals surface area contributed by atoms with Gasteiger partial charge in [-0.1, -0.05) is 18.2 Å². The van der Waals surface area contributed by atoms with Crippen LogP contribution in [0.25, 0.3) is 0 Å². The summed E-state index contributed by atoms with van der Waals surface area (Å²) < 4.78 is 4.99. The van der Waals surface area contributed by atoms with Crippen molar-refractivity contribution in [3.05, 3.63) is 23.8 Å². The van der Waals surface area contributed by atoms with E-state index in [-0.39, 0.29) is 6.10 Å². The van der Waals surface area contributed by atoms with E-state index < -0.39 is 0 Å². The average Bonchev–Trinajstić information content (AvgIpc) is 2.08. The van der Waals surface area contributed by atoms with E-state index in [1.165, 1.54) is 5.57 Å². The Morgan fingerprint density at radius 3 is 3.00 bits per heavy atom. The Balaban J connectivity index is 2.65. The lowest BCUT2D eigenvalue weighted by Crippen LogP contribution is -2.22. The Hall–Kier alpha value is -1.05. The minimum Gasteiger partial charge on any atom is -0.460 e. The maximum atomic E-state index is 10.2. The number of allylic oxidation sites excluding steroid dienone is 2. The van der Waals surface area contributed by atoms with Gasteiger partial charge in [-0.15, -0.1) is 0 Å². The highest BCUT2D eigenvalue weighted by molar-refractivity contribution is 5.39. The molecule has 0 heterocycles.